The molecule has 26 heavy (non-hydrogen) atoms. The minimum Gasteiger partial charge on any atom is -0.455 e. The zero-order valence-corrected chi connectivity index (χ0v) is 14.6. The lowest BCUT2D eigenvalue weighted by atomic mass is 10.1. The van der Waals surface area contributed by atoms with Crippen molar-refractivity contribution in [2.24, 2.45) is 5.92 Å². The lowest BCUT2D eigenvalue weighted by molar-refractivity contribution is -0.151. The maximum Gasteiger partial charge on any atom is 0.311 e. The summed E-state index contributed by atoms with van der Waals surface area (Å²) < 4.78 is 5.06. The Kier molecular flexibility index (Phi) is 5.53. The van der Waals surface area contributed by atoms with Gasteiger partial charge in [0.05, 0.1) is 5.92 Å². The van der Waals surface area contributed by atoms with Crippen LogP contribution in [0.5, 0.6) is 0 Å². The van der Waals surface area contributed by atoms with Crippen LogP contribution in [0.3, 0.4) is 0 Å². The van der Waals surface area contributed by atoms with Crippen LogP contribution in [0.4, 0.5) is 11.4 Å². The van der Waals surface area contributed by atoms with E-state index in [2.05, 4.69) is 5.32 Å². The van der Waals surface area contributed by atoms with Crippen LogP contribution in [-0.4, -0.2) is 30.9 Å². The second-order valence-corrected chi connectivity index (χ2v) is 6.34. The van der Waals surface area contributed by atoms with Gasteiger partial charge < -0.3 is 15.0 Å². The summed E-state index contributed by atoms with van der Waals surface area (Å²) in [7, 11) is 0. The summed E-state index contributed by atoms with van der Waals surface area (Å²) >= 11 is 5.85. The first-order valence-corrected chi connectivity index (χ1v) is 8.48. The summed E-state index contributed by atoms with van der Waals surface area (Å²) in [6, 6.07) is 15.8. The number of nitrogens with one attached hydrogen (secondary N) is 1. The third-order valence-corrected chi connectivity index (χ3v) is 4.22. The molecule has 0 aromatic heterocycles. The Bertz CT molecular complexity index is 825. The van der Waals surface area contributed by atoms with Crippen LogP contribution in [0, 0.1) is 5.92 Å². The van der Waals surface area contributed by atoms with Crippen molar-refractivity contribution in [3.05, 3.63) is 59.6 Å². The first-order valence-electron chi connectivity index (χ1n) is 8.10. The van der Waals surface area contributed by atoms with Gasteiger partial charge in [0.2, 0.25) is 5.91 Å². The second kappa shape index (κ2) is 8.01. The van der Waals surface area contributed by atoms with Crippen LogP contribution in [-0.2, 0) is 19.1 Å². The molecule has 2 aromatic rings. The highest BCUT2D eigenvalue weighted by Crippen LogP contribution is 2.25. The molecule has 0 radical (unpaired) electrons. The summed E-state index contributed by atoms with van der Waals surface area (Å²) in [4.78, 5) is 37.7. The van der Waals surface area contributed by atoms with Gasteiger partial charge in [-0.3, -0.25) is 14.4 Å². The number of hydrogen-bond donors (Lipinski definition) is 1. The first kappa shape index (κ1) is 17.9. The smallest absolute Gasteiger partial charge is 0.311 e. The molecule has 134 valence electrons. The topological polar surface area (TPSA) is 75.7 Å². The number of amides is 2. The zero-order chi connectivity index (χ0) is 18.5. The summed E-state index contributed by atoms with van der Waals surface area (Å²) in [5.41, 5.74) is 1.26. The van der Waals surface area contributed by atoms with E-state index in [1.54, 1.807) is 29.2 Å². The SMILES string of the molecule is O=C(COC(=O)[C@@H]1CC(=O)N(c2ccccc2)C1)Nc1cccc(Cl)c1. The van der Waals surface area contributed by atoms with Gasteiger partial charge in [-0.05, 0) is 30.3 Å². The standard InChI is InChI=1S/C19H17ClN2O4/c20-14-5-4-6-15(10-14)21-17(23)12-26-19(25)13-9-18(24)22(11-13)16-7-2-1-3-8-16/h1-8,10,13H,9,11-12H2,(H,21,23)/t13-/m1/s1. The number of halogens is 1. The molecule has 1 N–H and O–H groups in total. The van der Waals surface area contributed by atoms with Crippen molar-refractivity contribution in [1.29, 1.82) is 0 Å². The molecular formula is C19H17ClN2O4. The molecule has 3 rings (SSSR count). The highest BCUT2D eigenvalue weighted by Gasteiger charge is 2.36. The number of esters is 1. The number of anilines is 2. The van der Waals surface area contributed by atoms with Crippen LogP contribution in [0.15, 0.2) is 54.6 Å². The molecule has 0 bridgehead atoms. The van der Waals surface area contributed by atoms with E-state index < -0.39 is 24.4 Å². The molecule has 1 fully saturated rings. The Balaban J connectivity index is 1.51. The average Bonchev–Trinajstić information content (AvgIpc) is 3.02. The number of carbonyl (C=O) groups is 3. The molecule has 7 heteroatoms. The van der Waals surface area contributed by atoms with Gasteiger partial charge in [-0.1, -0.05) is 35.9 Å². The van der Waals surface area contributed by atoms with Gasteiger partial charge in [0, 0.05) is 29.4 Å². The van der Waals surface area contributed by atoms with E-state index >= 15 is 0 Å². The van der Waals surface area contributed by atoms with Crippen molar-refractivity contribution in [1.82, 2.24) is 0 Å². The summed E-state index contributed by atoms with van der Waals surface area (Å²) in [6.45, 7) is -0.168. The predicted molar refractivity (Wildman–Crippen MR) is 97.9 cm³/mol. The fourth-order valence-electron chi connectivity index (χ4n) is 2.74. The third kappa shape index (κ3) is 4.40. The van der Waals surface area contributed by atoms with Crippen LogP contribution >= 0.6 is 11.6 Å². The Labute approximate surface area is 155 Å². The number of carbonyl (C=O) groups excluding carboxylic acids is 3. The van der Waals surface area contributed by atoms with E-state index in [0.29, 0.717) is 10.7 Å². The summed E-state index contributed by atoms with van der Waals surface area (Å²) in [5, 5.41) is 3.09. The molecule has 1 aliphatic rings. The molecule has 2 amide bonds. The van der Waals surface area contributed by atoms with E-state index in [9.17, 15) is 14.4 Å². The minimum atomic E-state index is -0.582. The number of para-hydroxylation sites is 1. The van der Waals surface area contributed by atoms with Crippen molar-refractivity contribution in [2.45, 2.75) is 6.42 Å². The molecule has 6 nitrogen and oxygen atoms in total. The highest BCUT2D eigenvalue weighted by atomic mass is 35.5. The monoisotopic (exact) mass is 372 g/mol. The third-order valence-electron chi connectivity index (χ3n) is 3.98. The molecular weight excluding hydrogens is 356 g/mol. The van der Waals surface area contributed by atoms with Gasteiger partial charge >= 0.3 is 5.97 Å². The summed E-state index contributed by atoms with van der Waals surface area (Å²) in [6.07, 6.45) is 0.0731. The first-order chi connectivity index (χ1) is 12.5. The maximum absolute atomic E-state index is 12.2. The van der Waals surface area contributed by atoms with Gasteiger partial charge in [-0.2, -0.15) is 0 Å². The van der Waals surface area contributed by atoms with Crippen LogP contribution in [0.25, 0.3) is 0 Å². The van der Waals surface area contributed by atoms with E-state index in [4.69, 9.17) is 16.3 Å². The number of benzene rings is 2. The van der Waals surface area contributed by atoms with Crippen LogP contribution in [0.2, 0.25) is 5.02 Å². The molecule has 0 aliphatic carbocycles. The van der Waals surface area contributed by atoms with Gasteiger partial charge in [0.25, 0.3) is 5.91 Å². The van der Waals surface area contributed by atoms with Crippen molar-refractivity contribution in [3.63, 3.8) is 0 Å². The lowest BCUT2D eigenvalue weighted by Gasteiger charge is -2.16. The molecule has 2 aromatic carbocycles. The largest absolute Gasteiger partial charge is 0.455 e. The second-order valence-electron chi connectivity index (χ2n) is 5.91. The van der Waals surface area contributed by atoms with Crippen molar-refractivity contribution in [3.8, 4) is 0 Å². The van der Waals surface area contributed by atoms with E-state index in [-0.39, 0.29) is 18.9 Å². The molecule has 0 unspecified atom stereocenters. The highest BCUT2D eigenvalue weighted by molar-refractivity contribution is 6.30. The number of hydrogen-bond acceptors (Lipinski definition) is 4. The zero-order valence-electron chi connectivity index (χ0n) is 13.9. The van der Waals surface area contributed by atoms with Crippen molar-refractivity contribution < 1.29 is 19.1 Å². The maximum atomic E-state index is 12.2. The van der Waals surface area contributed by atoms with Gasteiger partial charge in [-0.25, -0.2) is 0 Å². The predicted octanol–water partition coefficient (Wildman–Crippen LogP) is 2.87. The Morgan fingerprint density at radius 2 is 1.92 bits per heavy atom. The van der Waals surface area contributed by atoms with Gasteiger partial charge in [0.1, 0.15) is 0 Å². The van der Waals surface area contributed by atoms with Crippen molar-refractivity contribution >= 4 is 40.8 Å². The number of ether oxygens (including phenoxy) is 1. The average molecular weight is 373 g/mol. The molecule has 1 saturated heterocycles. The Morgan fingerprint density at radius 1 is 1.15 bits per heavy atom. The Morgan fingerprint density at radius 3 is 2.65 bits per heavy atom. The fraction of sp³-hybridized carbons (Fsp3) is 0.211. The molecule has 1 atom stereocenters. The molecule has 0 saturated carbocycles. The summed E-state index contributed by atoms with van der Waals surface area (Å²) in [5.74, 6) is -1.74. The Hall–Kier alpha value is -2.86. The fourth-order valence-corrected chi connectivity index (χ4v) is 2.93. The minimum absolute atomic E-state index is 0.0731. The van der Waals surface area contributed by atoms with Gasteiger partial charge in [0.15, 0.2) is 6.61 Å². The van der Waals surface area contributed by atoms with E-state index in [1.807, 2.05) is 30.3 Å². The number of rotatable bonds is 5. The normalized spacial score (nSPS) is 16.4. The number of nitrogens with zero attached hydrogens (tertiary/aromatic N) is 1. The van der Waals surface area contributed by atoms with Crippen LogP contribution in [0.1, 0.15) is 6.42 Å². The quantitative estimate of drug-likeness (QED) is 0.819. The van der Waals surface area contributed by atoms with Gasteiger partial charge in [-0.15, -0.1) is 0 Å². The van der Waals surface area contributed by atoms with Crippen LogP contribution < -0.4 is 10.2 Å². The lowest BCUT2D eigenvalue weighted by Crippen LogP contribution is -2.28. The van der Waals surface area contributed by atoms with Crippen molar-refractivity contribution in [2.75, 3.05) is 23.4 Å². The molecule has 1 heterocycles. The van der Waals surface area contributed by atoms with E-state index in [1.165, 1.54) is 0 Å². The molecule has 0 spiro atoms. The van der Waals surface area contributed by atoms with E-state index in [0.717, 1.165) is 5.69 Å². The molecule has 1 aliphatic heterocycles.